The zero-order chi connectivity index (χ0) is 12.1. The fourth-order valence-corrected chi connectivity index (χ4v) is 1.66. The van der Waals surface area contributed by atoms with E-state index in [0.717, 1.165) is 23.6 Å². The summed E-state index contributed by atoms with van der Waals surface area (Å²) in [6.07, 6.45) is 6.93. The van der Waals surface area contributed by atoms with Gasteiger partial charge < -0.3 is 10.6 Å². The van der Waals surface area contributed by atoms with E-state index in [2.05, 4.69) is 15.0 Å². The molecule has 2 aromatic heterocycles. The van der Waals surface area contributed by atoms with Crippen LogP contribution < -0.4 is 10.6 Å². The second kappa shape index (κ2) is 5.36. The molecule has 0 aliphatic carbocycles. The van der Waals surface area contributed by atoms with Crippen LogP contribution >= 0.6 is 0 Å². The number of hydrogen-bond acceptors (Lipinski definition) is 5. The zero-order valence-electron chi connectivity index (χ0n) is 9.74. The monoisotopic (exact) mass is 229 g/mol. The average Bonchev–Trinajstić information content (AvgIpc) is 2.40. The molecule has 0 atom stereocenters. The third kappa shape index (κ3) is 2.76. The van der Waals surface area contributed by atoms with E-state index < -0.39 is 0 Å². The highest BCUT2D eigenvalue weighted by atomic mass is 15.2. The van der Waals surface area contributed by atoms with Crippen molar-refractivity contribution in [2.45, 2.75) is 13.1 Å². The number of nitrogens with two attached hydrogens (primary N) is 1. The summed E-state index contributed by atoms with van der Waals surface area (Å²) in [6, 6.07) is 3.95. The van der Waals surface area contributed by atoms with Crippen LogP contribution in [0, 0.1) is 0 Å². The molecule has 0 aliphatic heterocycles. The van der Waals surface area contributed by atoms with Crippen molar-refractivity contribution in [2.24, 2.45) is 5.73 Å². The Morgan fingerprint density at radius 2 is 2.06 bits per heavy atom. The van der Waals surface area contributed by atoms with Gasteiger partial charge in [-0.2, -0.15) is 0 Å². The van der Waals surface area contributed by atoms with Gasteiger partial charge >= 0.3 is 0 Å². The minimum absolute atomic E-state index is 0.389. The smallest absolute Gasteiger partial charge is 0.151 e. The fraction of sp³-hybridized carbons (Fsp3) is 0.250. The molecule has 2 heterocycles. The van der Waals surface area contributed by atoms with Crippen molar-refractivity contribution < 1.29 is 0 Å². The van der Waals surface area contributed by atoms with Gasteiger partial charge in [0.2, 0.25) is 0 Å². The first kappa shape index (κ1) is 11.5. The van der Waals surface area contributed by atoms with Crippen molar-refractivity contribution in [3.63, 3.8) is 0 Å². The minimum atomic E-state index is 0.389. The second-order valence-electron chi connectivity index (χ2n) is 3.75. The molecule has 0 spiro atoms. The van der Waals surface area contributed by atoms with Gasteiger partial charge in [-0.05, 0) is 11.6 Å². The van der Waals surface area contributed by atoms with E-state index in [1.807, 2.05) is 30.3 Å². The third-order valence-electron chi connectivity index (χ3n) is 2.45. The molecule has 0 aliphatic rings. The van der Waals surface area contributed by atoms with Gasteiger partial charge in [-0.25, -0.2) is 4.98 Å². The SMILES string of the molecule is CN(Cc1cccnc1)c1nccnc1CN. The molecule has 0 bridgehead atoms. The van der Waals surface area contributed by atoms with Crippen LogP contribution in [0.3, 0.4) is 0 Å². The fourth-order valence-electron chi connectivity index (χ4n) is 1.66. The van der Waals surface area contributed by atoms with Crippen LogP contribution in [-0.4, -0.2) is 22.0 Å². The molecule has 0 aromatic carbocycles. The Morgan fingerprint density at radius 1 is 1.24 bits per heavy atom. The van der Waals surface area contributed by atoms with Crippen LogP contribution in [0.1, 0.15) is 11.3 Å². The number of pyridine rings is 1. The topological polar surface area (TPSA) is 67.9 Å². The largest absolute Gasteiger partial charge is 0.354 e. The Morgan fingerprint density at radius 3 is 2.76 bits per heavy atom. The third-order valence-corrected chi connectivity index (χ3v) is 2.45. The predicted molar refractivity (Wildman–Crippen MR) is 66.3 cm³/mol. The minimum Gasteiger partial charge on any atom is -0.354 e. The van der Waals surface area contributed by atoms with Gasteiger partial charge in [-0.1, -0.05) is 6.07 Å². The summed E-state index contributed by atoms with van der Waals surface area (Å²) in [5, 5.41) is 0. The molecule has 2 N–H and O–H groups in total. The Balaban J connectivity index is 2.17. The molecule has 0 radical (unpaired) electrons. The average molecular weight is 229 g/mol. The Bertz CT molecular complexity index is 471. The molecule has 88 valence electrons. The molecular weight excluding hydrogens is 214 g/mol. The maximum absolute atomic E-state index is 5.64. The van der Waals surface area contributed by atoms with Gasteiger partial charge in [0.15, 0.2) is 5.82 Å². The Hall–Kier alpha value is -2.01. The maximum Gasteiger partial charge on any atom is 0.151 e. The summed E-state index contributed by atoms with van der Waals surface area (Å²) in [4.78, 5) is 14.6. The predicted octanol–water partition coefficient (Wildman–Crippen LogP) is 0.967. The van der Waals surface area contributed by atoms with E-state index in [1.165, 1.54) is 0 Å². The normalized spacial score (nSPS) is 10.2. The van der Waals surface area contributed by atoms with Gasteiger partial charge in [0.05, 0.1) is 5.69 Å². The number of nitrogens with zero attached hydrogens (tertiary/aromatic N) is 4. The summed E-state index contributed by atoms with van der Waals surface area (Å²) in [7, 11) is 1.97. The Labute approximate surface area is 100 Å². The van der Waals surface area contributed by atoms with Crippen LogP contribution in [0.25, 0.3) is 0 Å². The highest BCUT2D eigenvalue weighted by Gasteiger charge is 2.08. The van der Waals surface area contributed by atoms with Gasteiger partial charge in [-0.3, -0.25) is 9.97 Å². The van der Waals surface area contributed by atoms with Crippen LogP contribution in [0.5, 0.6) is 0 Å². The first-order valence-electron chi connectivity index (χ1n) is 5.41. The summed E-state index contributed by atoms with van der Waals surface area (Å²) < 4.78 is 0. The highest BCUT2D eigenvalue weighted by Crippen LogP contribution is 2.14. The lowest BCUT2D eigenvalue weighted by Crippen LogP contribution is -2.21. The molecule has 0 saturated heterocycles. The van der Waals surface area contributed by atoms with Crippen molar-refractivity contribution in [2.75, 3.05) is 11.9 Å². The number of rotatable bonds is 4. The quantitative estimate of drug-likeness (QED) is 0.846. The summed E-state index contributed by atoms with van der Waals surface area (Å²) in [5.74, 6) is 0.818. The molecular formula is C12H15N5. The molecule has 17 heavy (non-hydrogen) atoms. The number of hydrogen-bond donors (Lipinski definition) is 1. The first-order valence-corrected chi connectivity index (χ1v) is 5.41. The van der Waals surface area contributed by atoms with E-state index in [4.69, 9.17) is 5.73 Å². The van der Waals surface area contributed by atoms with Gasteiger partial charge in [0.25, 0.3) is 0 Å². The number of anilines is 1. The van der Waals surface area contributed by atoms with Gasteiger partial charge in [-0.15, -0.1) is 0 Å². The van der Waals surface area contributed by atoms with Crippen molar-refractivity contribution in [1.82, 2.24) is 15.0 Å². The standard InChI is InChI=1S/C12H15N5/c1-17(9-10-3-2-4-14-8-10)12-11(7-13)15-5-6-16-12/h2-6,8H,7,9,13H2,1H3. The molecule has 0 amide bonds. The lowest BCUT2D eigenvalue weighted by atomic mass is 10.2. The number of aromatic nitrogens is 3. The molecule has 5 nitrogen and oxygen atoms in total. The summed E-state index contributed by atoms with van der Waals surface area (Å²) in [5.41, 5.74) is 7.57. The maximum atomic E-state index is 5.64. The molecule has 0 fully saturated rings. The van der Waals surface area contributed by atoms with Crippen molar-refractivity contribution in [3.05, 3.63) is 48.2 Å². The van der Waals surface area contributed by atoms with Gasteiger partial charge in [0.1, 0.15) is 0 Å². The van der Waals surface area contributed by atoms with E-state index in [-0.39, 0.29) is 0 Å². The van der Waals surface area contributed by atoms with Crippen LogP contribution in [0.2, 0.25) is 0 Å². The van der Waals surface area contributed by atoms with Crippen molar-refractivity contribution in [1.29, 1.82) is 0 Å². The Kier molecular flexibility index (Phi) is 3.62. The van der Waals surface area contributed by atoms with Crippen LogP contribution in [0.4, 0.5) is 5.82 Å². The highest BCUT2D eigenvalue weighted by molar-refractivity contribution is 5.42. The van der Waals surface area contributed by atoms with Crippen molar-refractivity contribution >= 4 is 5.82 Å². The van der Waals surface area contributed by atoms with E-state index in [9.17, 15) is 0 Å². The van der Waals surface area contributed by atoms with Gasteiger partial charge in [0, 0.05) is 44.9 Å². The molecule has 5 heteroatoms. The van der Waals surface area contributed by atoms with Crippen LogP contribution in [0.15, 0.2) is 36.9 Å². The first-order chi connectivity index (χ1) is 8.31. The molecule has 2 aromatic rings. The van der Waals surface area contributed by atoms with E-state index in [0.29, 0.717) is 6.54 Å². The summed E-state index contributed by atoms with van der Waals surface area (Å²) in [6.45, 7) is 1.13. The van der Waals surface area contributed by atoms with Crippen LogP contribution in [-0.2, 0) is 13.1 Å². The summed E-state index contributed by atoms with van der Waals surface area (Å²) >= 11 is 0. The lowest BCUT2D eigenvalue weighted by molar-refractivity contribution is 0.850. The van der Waals surface area contributed by atoms with E-state index in [1.54, 1.807) is 18.6 Å². The molecule has 2 rings (SSSR count). The second-order valence-corrected chi connectivity index (χ2v) is 3.75. The van der Waals surface area contributed by atoms with Crippen molar-refractivity contribution in [3.8, 4) is 0 Å². The molecule has 0 saturated carbocycles. The van der Waals surface area contributed by atoms with E-state index >= 15 is 0 Å². The lowest BCUT2D eigenvalue weighted by Gasteiger charge is -2.19. The molecule has 0 unspecified atom stereocenters. The zero-order valence-corrected chi connectivity index (χ0v) is 9.74.